The van der Waals surface area contributed by atoms with Crippen LogP contribution in [0, 0.1) is 6.92 Å². The van der Waals surface area contributed by atoms with Crippen molar-refractivity contribution in [2.24, 2.45) is 0 Å². The van der Waals surface area contributed by atoms with Crippen molar-refractivity contribution in [1.29, 1.82) is 0 Å². The Morgan fingerprint density at radius 2 is 1.91 bits per heavy atom. The van der Waals surface area contributed by atoms with Crippen LogP contribution in [0.5, 0.6) is 0 Å². The SMILES string of the molecule is CCC1CN(c2cc(C)nc(-c3cccnc3)n2)CC(CC)O1. The molecule has 0 amide bonds. The average molecular weight is 312 g/mol. The third-order valence-corrected chi connectivity index (χ3v) is 4.23. The molecule has 0 spiro atoms. The zero-order valence-electron chi connectivity index (χ0n) is 14.1. The number of pyridine rings is 1. The largest absolute Gasteiger partial charge is 0.371 e. The summed E-state index contributed by atoms with van der Waals surface area (Å²) in [4.78, 5) is 15.9. The first-order valence-corrected chi connectivity index (χ1v) is 8.36. The number of morpholine rings is 1. The topological polar surface area (TPSA) is 51.1 Å². The Labute approximate surface area is 137 Å². The number of ether oxygens (including phenoxy) is 1. The van der Waals surface area contributed by atoms with Crippen molar-refractivity contribution >= 4 is 5.82 Å². The first-order chi connectivity index (χ1) is 11.2. The molecular formula is C18H24N4O. The molecule has 1 saturated heterocycles. The van der Waals surface area contributed by atoms with Crippen LogP contribution in [0.25, 0.3) is 11.4 Å². The van der Waals surface area contributed by atoms with Gasteiger partial charge < -0.3 is 9.64 Å². The van der Waals surface area contributed by atoms with E-state index in [4.69, 9.17) is 9.72 Å². The third kappa shape index (κ3) is 3.67. The number of nitrogens with zero attached hydrogens (tertiary/aromatic N) is 4. The molecule has 0 aromatic carbocycles. The van der Waals surface area contributed by atoms with Crippen LogP contribution in [-0.2, 0) is 4.74 Å². The predicted molar refractivity (Wildman–Crippen MR) is 91.5 cm³/mol. The predicted octanol–water partition coefficient (Wildman–Crippen LogP) is 3.24. The summed E-state index contributed by atoms with van der Waals surface area (Å²) in [7, 11) is 0. The van der Waals surface area contributed by atoms with Crippen molar-refractivity contribution < 1.29 is 4.74 Å². The van der Waals surface area contributed by atoms with Gasteiger partial charge in [0.15, 0.2) is 5.82 Å². The maximum atomic E-state index is 6.09. The van der Waals surface area contributed by atoms with Gasteiger partial charge >= 0.3 is 0 Å². The second-order valence-electron chi connectivity index (χ2n) is 6.03. The molecule has 23 heavy (non-hydrogen) atoms. The van der Waals surface area contributed by atoms with Crippen LogP contribution < -0.4 is 4.90 Å². The van der Waals surface area contributed by atoms with Crippen LogP contribution in [0.1, 0.15) is 32.4 Å². The van der Waals surface area contributed by atoms with E-state index in [0.717, 1.165) is 48.8 Å². The van der Waals surface area contributed by atoms with E-state index in [1.165, 1.54) is 0 Å². The highest BCUT2D eigenvalue weighted by atomic mass is 16.5. The molecule has 1 aliphatic rings. The molecule has 2 unspecified atom stereocenters. The van der Waals surface area contributed by atoms with Crippen molar-refractivity contribution in [1.82, 2.24) is 15.0 Å². The van der Waals surface area contributed by atoms with Gasteiger partial charge in [-0.25, -0.2) is 9.97 Å². The van der Waals surface area contributed by atoms with Crippen LogP contribution in [0.2, 0.25) is 0 Å². The summed E-state index contributed by atoms with van der Waals surface area (Å²) in [6.45, 7) is 8.13. The zero-order valence-corrected chi connectivity index (χ0v) is 14.1. The molecule has 0 bridgehead atoms. The Bertz CT molecular complexity index is 635. The first-order valence-electron chi connectivity index (χ1n) is 8.36. The van der Waals surface area contributed by atoms with Crippen LogP contribution in [0.4, 0.5) is 5.82 Å². The fourth-order valence-corrected chi connectivity index (χ4v) is 2.90. The molecule has 0 saturated carbocycles. The Balaban J connectivity index is 1.91. The smallest absolute Gasteiger partial charge is 0.163 e. The molecule has 2 aromatic rings. The molecule has 1 fully saturated rings. The minimum atomic E-state index is 0.269. The molecule has 122 valence electrons. The third-order valence-electron chi connectivity index (χ3n) is 4.23. The van der Waals surface area contributed by atoms with E-state index in [1.54, 1.807) is 6.20 Å². The molecule has 0 aliphatic carbocycles. The zero-order chi connectivity index (χ0) is 16.2. The number of aromatic nitrogens is 3. The highest BCUT2D eigenvalue weighted by Crippen LogP contribution is 2.24. The van der Waals surface area contributed by atoms with E-state index in [-0.39, 0.29) is 12.2 Å². The molecule has 0 N–H and O–H groups in total. The van der Waals surface area contributed by atoms with E-state index in [2.05, 4.69) is 34.8 Å². The van der Waals surface area contributed by atoms with E-state index in [0.29, 0.717) is 0 Å². The van der Waals surface area contributed by atoms with Crippen LogP contribution in [0.3, 0.4) is 0 Å². The fraction of sp³-hybridized carbons (Fsp3) is 0.500. The van der Waals surface area contributed by atoms with Gasteiger partial charge in [-0.1, -0.05) is 13.8 Å². The average Bonchev–Trinajstić information content (AvgIpc) is 2.61. The Kier molecular flexibility index (Phi) is 4.86. The molecule has 3 heterocycles. The van der Waals surface area contributed by atoms with E-state index in [1.807, 2.05) is 25.3 Å². The van der Waals surface area contributed by atoms with Gasteiger partial charge in [0.25, 0.3) is 0 Å². The Hall–Kier alpha value is -2.01. The lowest BCUT2D eigenvalue weighted by Crippen LogP contribution is -2.47. The molecule has 0 radical (unpaired) electrons. The summed E-state index contributed by atoms with van der Waals surface area (Å²) in [6, 6.07) is 5.97. The van der Waals surface area contributed by atoms with Gasteiger partial charge in [0, 0.05) is 42.8 Å². The van der Waals surface area contributed by atoms with E-state index in [9.17, 15) is 0 Å². The van der Waals surface area contributed by atoms with Crippen LogP contribution >= 0.6 is 0 Å². The summed E-state index contributed by atoms with van der Waals surface area (Å²) in [5, 5.41) is 0. The molecule has 5 heteroatoms. The lowest BCUT2D eigenvalue weighted by atomic mass is 10.1. The van der Waals surface area contributed by atoms with Gasteiger partial charge in [-0.15, -0.1) is 0 Å². The monoisotopic (exact) mass is 312 g/mol. The van der Waals surface area contributed by atoms with Gasteiger partial charge in [0.2, 0.25) is 0 Å². The van der Waals surface area contributed by atoms with E-state index < -0.39 is 0 Å². The summed E-state index contributed by atoms with van der Waals surface area (Å²) >= 11 is 0. The normalized spacial score (nSPS) is 21.4. The number of hydrogen-bond acceptors (Lipinski definition) is 5. The van der Waals surface area contributed by atoms with Gasteiger partial charge in [0.1, 0.15) is 5.82 Å². The van der Waals surface area contributed by atoms with Crippen molar-refractivity contribution in [3.05, 3.63) is 36.3 Å². The lowest BCUT2D eigenvalue weighted by molar-refractivity contribution is -0.0287. The molecule has 1 aliphatic heterocycles. The van der Waals surface area contributed by atoms with Gasteiger partial charge in [-0.05, 0) is 31.9 Å². The number of aryl methyl sites for hydroxylation is 1. The molecule has 2 aromatic heterocycles. The van der Waals surface area contributed by atoms with Gasteiger partial charge in [-0.3, -0.25) is 4.98 Å². The van der Waals surface area contributed by atoms with Crippen molar-refractivity contribution in [2.75, 3.05) is 18.0 Å². The molecule has 2 atom stereocenters. The lowest BCUT2D eigenvalue weighted by Gasteiger charge is -2.38. The summed E-state index contributed by atoms with van der Waals surface area (Å²) in [5.74, 6) is 1.72. The van der Waals surface area contributed by atoms with Crippen LogP contribution in [-0.4, -0.2) is 40.2 Å². The maximum Gasteiger partial charge on any atom is 0.163 e. The summed E-state index contributed by atoms with van der Waals surface area (Å²) in [6.07, 6.45) is 6.15. The molecule has 5 nitrogen and oxygen atoms in total. The van der Waals surface area contributed by atoms with Crippen LogP contribution in [0.15, 0.2) is 30.6 Å². The first kappa shape index (κ1) is 15.9. The second kappa shape index (κ2) is 7.04. The summed E-state index contributed by atoms with van der Waals surface area (Å²) in [5.41, 5.74) is 1.92. The van der Waals surface area contributed by atoms with Crippen molar-refractivity contribution in [3.8, 4) is 11.4 Å². The Morgan fingerprint density at radius 1 is 1.17 bits per heavy atom. The number of anilines is 1. The summed E-state index contributed by atoms with van der Waals surface area (Å²) < 4.78 is 6.09. The Morgan fingerprint density at radius 3 is 2.52 bits per heavy atom. The highest BCUT2D eigenvalue weighted by molar-refractivity contribution is 5.56. The van der Waals surface area contributed by atoms with Gasteiger partial charge in [-0.2, -0.15) is 0 Å². The minimum absolute atomic E-state index is 0.269. The second-order valence-corrected chi connectivity index (χ2v) is 6.03. The number of rotatable bonds is 4. The highest BCUT2D eigenvalue weighted by Gasteiger charge is 2.27. The van der Waals surface area contributed by atoms with E-state index >= 15 is 0 Å². The maximum absolute atomic E-state index is 6.09. The fourth-order valence-electron chi connectivity index (χ4n) is 2.90. The quantitative estimate of drug-likeness (QED) is 0.867. The molecular weight excluding hydrogens is 288 g/mol. The van der Waals surface area contributed by atoms with Crippen molar-refractivity contribution in [2.45, 2.75) is 45.8 Å². The van der Waals surface area contributed by atoms with Gasteiger partial charge in [0.05, 0.1) is 12.2 Å². The molecule has 3 rings (SSSR count). The number of hydrogen-bond donors (Lipinski definition) is 0. The van der Waals surface area contributed by atoms with Crippen molar-refractivity contribution in [3.63, 3.8) is 0 Å². The minimum Gasteiger partial charge on any atom is -0.371 e. The standard InChI is InChI=1S/C18H24N4O/c1-4-15-11-22(12-16(5-2)23-15)17-9-13(3)20-18(21-17)14-7-6-8-19-10-14/h6-10,15-16H,4-5,11-12H2,1-3H3.